The first-order valence-corrected chi connectivity index (χ1v) is 29.6. The van der Waals surface area contributed by atoms with Crippen molar-refractivity contribution >= 4 is 0 Å². The monoisotopic (exact) mass is 1070 g/mol. The predicted octanol–water partition coefficient (Wildman–Crippen LogP) is -8.99. The summed E-state index contributed by atoms with van der Waals surface area (Å²) in [5, 5.41) is 0. The Kier molecular flexibility index (Phi) is 9.68. The molecule has 0 rings (SSSR count). The molecule has 0 bridgehead atoms. The fraction of sp³-hybridized carbons (Fsp3) is 0. The second kappa shape index (κ2) is 9.11. The third kappa shape index (κ3) is 17.9. The van der Waals surface area contributed by atoms with Crippen LogP contribution in [0.15, 0.2) is 0 Å². The van der Waals surface area contributed by atoms with E-state index in [9.17, 15) is 63.3 Å². The minimum atomic E-state index is -9.15. The van der Waals surface area contributed by atoms with E-state index in [0.717, 1.165) is 0 Å². The fourth-order valence-electron chi connectivity index (χ4n) is 0.737. The molecule has 0 spiro atoms. The summed E-state index contributed by atoms with van der Waals surface area (Å²) >= 11 is -58.0. The topological polar surface area (TPSA) is 399 Å². The van der Waals surface area contributed by atoms with Crippen LogP contribution < -0.4 is 22.6 Å². The third-order valence-corrected chi connectivity index (χ3v) is 36.9. The predicted molar refractivity (Wildman–Crippen MR) is 14.7 cm³/mol. The van der Waals surface area contributed by atoms with Crippen molar-refractivity contribution in [1.29, 1.82) is 0 Å². The van der Waals surface area contributed by atoms with Crippen molar-refractivity contribution in [3.8, 4) is 0 Å². The van der Waals surface area contributed by atoms with Gasteiger partial charge in [0.2, 0.25) is 0 Å². The Hall–Kier alpha value is 1.94. The molecule has 31 heteroatoms. The molecule has 0 atom stereocenters. The average molecular weight is 1060 g/mol. The van der Waals surface area contributed by atoms with Crippen LogP contribution in [0.25, 0.3) is 0 Å². The van der Waals surface area contributed by atoms with Crippen LogP contribution in [0.1, 0.15) is 0 Å². The Bertz CT molecular complexity index is 1240. The van der Waals surface area contributed by atoms with Crippen molar-refractivity contribution in [1.82, 2.24) is 0 Å². The Morgan fingerprint density at radius 1 is 0.387 bits per heavy atom. The first-order valence-electron chi connectivity index (χ1n) is 5.00. The van der Waals surface area contributed by atoms with E-state index in [-0.39, 0.29) is 0 Å². The Balaban J connectivity index is 5.60. The van der Waals surface area contributed by atoms with E-state index in [1.165, 1.54) is 0 Å². The van der Waals surface area contributed by atoms with Gasteiger partial charge in [0.15, 0.2) is 0 Å². The standard InChI is InChI=1S/7Mo.24O/q;;;;;;;;;;;;;;;;;;;;;;;;;6*-1. The first kappa shape index (κ1) is 32.9. The van der Waals surface area contributed by atoms with Crippen molar-refractivity contribution in [3.63, 3.8) is 0 Å². The third-order valence-electron chi connectivity index (χ3n) is 1.06. The molecule has 0 amide bonds. The number of rotatable bonds is 12. The molecule has 0 fully saturated rings. The van der Waals surface area contributed by atoms with Crippen LogP contribution in [0.5, 0.6) is 0 Å². The summed E-state index contributed by atoms with van der Waals surface area (Å²) in [6, 6.07) is 0. The van der Waals surface area contributed by atoms with Crippen molar-refractivity contribution < 1.29 is 192 Å². The van der Waals surface area contributed by atoms with Gasteiger partial charge in [-0.05, 0) is 0 Å². The molecule has 0 aliphatic heterocycles. The van der Waals surface area contributed by atoms with Crippen LogP contribution in [-0.2, 0) is 169 Å². The molecule has 0 saturated carbocycles. The molecule has 0 unspecified atom stereocenters. The summed E-state index contributed by atoms with van der Waals surface area (Å²) in [5.74, 6) is 0. The zero-order chi connectivity index (χ0) is 25.6. The maximum absolute atomic E-state index is 11.2. The van der Waals surface area contributed by atoms with E-state index in [1.54, 1.807) is 0 Å². The molecule has 0 aliphatic carbocycles. The van der Waals surface area contributed by atoms with Crippen molar-refractivity contribution in [3.05, 3.63) is 0 Å². The van der Waals surface area contributed by atoms with Crippen LogP contribution in [0, 0.1) is 0 Å². The molecule has 192 valence electrons. The van der Waals surface area contributed by atoms with Gasteiger partial charge in [0.25, 0.3) is 0 Å². The van der Waals surface area contributed by atoms with E-state index >= 15 is 0 Å². The van der Waals surface area contributed by atoms with Gasteiger partial charge < -0.3 is 0 Å². The number of hydrogen-bond acceptors (Lipinski definition) is 24. The fourth-order valence-corrected chi connectivity index (χ4v) is 35.6. The Morgan fingerprint density at radius 2 is 0.548 bits per heavy atom. The van der Waals surface area contributed by atoms with E-state index < -0.39 is 116 Å². The normalized spacial score (nSPS) is 17.9. The van der Waals surface area contributed by atoms with Gasteiger partial charge in [0, 0.05) is 0 Å². The van der Waals surface area contributed by atoms with Crippen molar-refractivity contribution in [2.75, 3.05) is 0 Å². The zero-order valence-corrected chi connectivity index (χ0v) is 26.7. The van der Waals surface area contributed by atoms with Gasteiger partial charge in [-0.2, -0.15) is 0 Å². The van der Waals surface area contributed by atoms with E-state index in [1.807, 2.05) is 0 Å². The maximum atomic E-state index is 11.2. The van der Waals surface area contributed by atoms with E-state index in [2.05, 4.69) is 12.3 Å². The van der Waals surface area contributed by atoms with Crippen LogP contribution in [-0.4, -0.2) is 0 Å². The second-order valence-electron chi connectivity index (χ2n) is 3.81. The quantitative estimate of drug-likeness (QED) is 0.164. The van der Waals surface area contributed by atoms with Gasteiger partial charge in [-0.1, -0.05) is 0 Å². The van der Waals surface area contributed by atoms with Gasteiger partial charge in [-0.15, -0.1) is 0 Å². The molecule has 0 aromatic carbocycles. The molecular formula is Mo7O24-6. The van der Waals surface area contributed by atoms with Gasteiger partial charge in [-0.25, -0.2) is 0 Å². The van der Waals surface area contributed by atoms with Gasteiger partial charge >= 0.3 is 192 Å². The second-order valence-corrected chi connectivity index (χ2v) is 34.4. The molecular weight excluding hydrogens is 1060 g/mol. The van der Waals surface area contributed by atoms with E-state index in [4.69, 9.17) is 0 Å². The van der Waals surface area contributed by atoms with Crippen molar-refractivity contribution in [2.24, 2.45) is 0 Å². The average Bonchev–Trinajstić information content (AvgIpc) is 2.06. The molecule has 0 saturated heterocycles. The molecule has 24 nitrogen and oxygen atoms in total. The van der Waals surface area contributed by atoms with Crippen molar-refractivity contribution in [2.45, 2.75) is 0 Å². The summed E-state index contributed by atoms with van der Waals surface area (Å²) in [7, 11) is 0. The van der Waals surface area contributed by atoms with Crippen LogP contribution in [0.3, 0.4) is 0 Å². The molecule has 0 N–H and O–H groups in total. The molecule has 0 heterocycles. The summed E-state index contributed by atoms with van der Waals surface area (Å²) in [6.07, 6.45) is 0. The first-order chi connectivity index (χ1) is 12.7. The molecule has 0 aliphatic rings. The van der Waals surface area contributed by atoms with E-state index in [0.29, 0.717) is 0 Å². The van der Waals surface area contributed by atoms with Crippen LogP contribution >= 0.6 is 0 Å². The van der Waals surface area contributed by atoms with Crippen LogP contribution in [0.2, 0.25) is 0 Å². The zero-order valence-electron chi connectivity index (χ0n) is 12.7. The number of hydrogen-bond donors (Lipinski definition) is 0. The van der Waals surface area contributed by atoms with Gasteiger partial charge in [-0.3, -0.25) is 0 Å². The summed E-state index contributed by atoms with van der Waals surface area (Å²) in [4.78, 5) is 0. The molecule has 0 aromatic rings. The summed E-state index contributed by atoms with van der Waals surface area (Å²) in [5.41, 5.74) is 0. The Morgan fingerprint density at radius 3 is 0.710 bits per heavy atom. The summed E-state index contributed by atoms with van der Waals surface area (Å²) < 4.78 is 208. The minimum absolute atomic E-state index is 2.42. The van der Waals surface area contributed by atoms with Gasteiger partial charge in [0.1, 0.15) is 0 Å². The van der Waals surface area contributed by atoms with Gasteiger partial charge in [0.05, 0.1) is 0 Å². The van der Waals surface area contributed by atoms with Crippen LogP contribution in [0.4, 0.5) is 0 Å². The Labute approximate surface area is 189 Å². The molecule has 0 aromatic heterocycles. The SMILES string of the molecule is [O]=[Mo](=[O])([O][Mo](=[O])(=[O])[O][Mo](=[O])(=[O])[O][Mo](=[O])([O-])([O-])[O-])[O][Mo](=[O])(=[O])[O][Mo](=[O])(=[O])[O][Mo](=[O])([O-])([O-])[O-]. The molecule has 0 radical (unpaired) electrons. The molecule has 31 heavy (non-hydrogen) atoms. The summed E-state index contributed by atoms with van der Waals surface area (Å²) in [6.45, 7) is 0.